The molecule has 0 aliphatic carbocycles. The quantitative estimate of drug-likeness (QED) is 0.426. The molecule has 0 atom stereocenters. The molecule has 3 aromatic carbocycles. The fourth-order valence-corrected chi connectivity index (χ4v) is 5.61. The lowest BCUT2D eigenvalue weighted by Gasteiger charge is -2.26. The van der Waals surface area contributed by atoms with E-state index in [2.05, 4.69) is 15.3 Å². The Morgan fingerprint density at radius 1 is 1.06 bits per heavy atom. The minimum atomic E-state index is -3.87. The number of aromatic nitrogens is 2. The van der Waals surface area contributed by atoms with Gasteiger partial charge >= 0.3 is 0 Å². The first kappa shape index (κ1) is 23.0. The largest absolute Gasteiger partial charge is 0.495 e. The van der Waals surface area contributed by atoms with Gasteiger partial charge in [0.1, 0.15) is 16.5 Å². The smallest absolute Gasteiger partial charge is 0.255 e. The number of sulfonamides is 1. The topological polar surface area (TPSA) is 114 Å². The number of fused-ring (bicyclic) bond motifs is 1. The number of amides is 1. The Hall–Kier alpha value is -3.73. The van der Waals surface area contributed by atoms with Gasteiger partial charge in [0.25, 0.3) is 5.91 Å². The third kappa shape index (κ3) is 4.51. The summed E-state index contributed by atoms with van der Waals surface area (Å²) in [4.78, 5) is 21.1. The maximum absolute atomic E-state index is 13.3. The van der Waals surface area contributed by atoms with Crippen LogP contribution in [0, 0.1) is 0 Å². The summed E-state index contributed by atoms with van der Waals surface area (Å²) < 4.78 is 38.5. The van der Waals surface area contributed by atoms with Gasteiger partial charge in [-0.25, -0.2) is 13.4 Å². The molecule has 180 valence electrons. The molecule has 9 nitrogen and oxygen atoms in total. The summed E-state index contributed by atoms with van der Waals surface area (Å²) in [7, 11) is -2.47. The molecule has 2 N–H and O–H groups in total. The SMILES string of the molecule is COc1ccc(C(=O)Nc2ccccc2-c2nc3ccccc3[nH]2)cc1S(=O)(=O)N1CCOCC1. The highest BCUT2D eigenvalue weighted by Crippen LogP contribution is 2.31. The van der Waals surface area contributed by atoms with E-state index in [0.29, 0.717) is 30.3 Å². The van der Waals surface area contributed by atoms with E-state index in [0.717, 1.165) is 11.0 Å². The zero-order valence-electron chi connectivity index (χ0n) is 19.0. The molecule has 0 spiro atoms. The number of hydrogen-bond acceptors (Lipinski definition) is 6. The molecule has 1 aromatic heterocycles. The van der Waals surface area contributed by atoms with E-state index < -0.39 is 15.9 Å². The second-order valence-electron chi connectivity index (χ2n) is 7.98. The summed E-state index contributed by atoms with van der Waals surface area (Å²) in [5.41, 5.74) is 3.15. The van der Waals surface area contributed by atoms with Gasteiger partial charge in [0.15, 0.2) is 0 Å². The maximum atomic E-state index is 13.3. The number of morpholine rings is 1. The van der Waals surface area contributed by atoms with E-state index in [4.69, 9.17) is 9.47 Å². The zero-order chi connectivity index (χ0) is 24.4. The molecular weight excluding hydrogens is 468 g/mol. The molecular formula is C25H24N4O5S. The van der Waals surface area contributed by atoms with E-state index in [-0.39, 0.29) is 29.3 Å². The van der Waals surface area contributed by atoms with Gasteiger partial charge in [-0.1, -0.05) is 24.3 Å². The summed E-state index contributed by atoms with van der Waals surface area (Å²) >= 11 is 0. The van der Waals surface area contributed by atoms with Gasteiger partial charge in [0, 0.05) is 24.2 Å². The summed E-state index contributed by atoms with van der Waals surface area (Å²) in [6.07, 6.45) is 0. The average Bonchev–Trinajstić information content (AvgIpc) is 3.33. The second-order valence-corrected chi connectivity index (χ2v) is 9.89. The predicted molar refractivity (Wildman–Crippen MR) is 132 cm³/mol. The molecule has 4 aromatic rings. The van der Waals surface area contributed by atoms with Crippen molar-refractivity contribution in [2.45, 2.75) is 4.90 Å². The van der Waals surface area contributed by atoms with Gasteiger partial charge in [-0.15, -0.1) is 0 Å². The number of carbonyl (C=O) groups is 1. The number of rotatable bonds is 6. The van der Waals surface area contributed by atoms with E-state index in [1.165, 1.54) is 29.6 Å². The van der Waals surface area contributed by atoms with Crippen molar-refractivity contribution >= 4 is 32.7 Å². The van der Waals surface area contributed by atoms with Crippen LogP contribution in [0.1, 0.15) is 10.4 Å². The highest BCUT2D eigenvalue weighted by molar-refractivity contribution is 7.89. The lowest BCUT2D eigenvalue weighted by atomic mass is 10.1. The molecule has 1 amide bonds. The molecule has 0 bridgehead atoms. The number of ether oxygens (including phenoxy) is 2. The highest BCUT2D eigenvalue weighted by Gasteiger charge is 2.30. The Labute approximate surface area is 202 Å². The van der Waals surface area contributed by atoms with Gasteiger partial charge in [-0.2, -0.15) is 4.31 Å². The number of methoxy groups -OCH3 is 1. The summed E-state index contributed by atoms with van der Waals surface area (Å²) in [5.74, 6) is 0.345. The molecule has 1 aliphatic rings. The van der Waals surface area contributed by atoms with Gasteiger partial charge in [0.2, 0.25) is 10.0 Å². The number of aromatic amines is 1. The number of nitrogens with one attached hydrogen (secondary N) is 2. The van der Waals surface area contributed by atoms with Crippen molar-refractivity contribution in [2.75, 3.05) is 38.7 Å². The number of benzene rings is 3. The monoisotopic (exact) mass is 492 g/mol. The number of carbonyl (C=O) groups excluding carboxylic acids is 1. The Morgan fingerprint density at radius 2 is 1.80 bits per heavy atom. The molecule has 1 saturated heterocycles. The number of para-hydroxylation sites is 3. The van der Waals surface area contributed by atoms with Crippen LogP contribution in [-0.2, 0) is 14.8 Å². The molecule has 2 heterocycles. The van der Waals surface area contributed by atoms with Crippen LogP contribution in [0.15, 0.2) is 71.6 Å². The van der Waals surface area contributed by atoms with Gasteiger partial charge in [-0.3, -0.25) is 4.79 Å². The molecule has 0 radical (unpaired) electrons. The number of imidazole rings is 1. The van der Waals surface area contributed by atoms with Gasteiger partial charge in [0.05, 0.1) is 37.0 Å². The third-order valence-electron chi connectivity index (χ3n) is 5.83. The predicted octanol–water partition coefficient (Wildman–Crippen LogP) is 3.51. The number of H-pyrrole nitrogens is 1. The minimum absolute atomic E-state index is 0.0554. The van der Waals surface area contributed by atoms with E-state index in [9.17, 15) is 13.2 Å². The summed E-state index contributed by atoms with van der Waals surface area (Å²) in [5, 5.41) is 2.90. The fourth-order valence-electron chi connectivity index (χ4n) is 4.02. The lowest BCUT2D eigenvalue weighted by molar-refractivity contribution is 0.0729. The van der Waals surface area contributed by atoms with Crippen molar-refractivity contribution in [3.8, 4) is 17.1 Å². The third-order valence-corrected chi connectivity index (χ3v) is 7.75. The van der Waals surface area contributed by atoms with Gasteiger partial charge < -0.3 is 19.8 Å². The Balaban J connectivity index is 1.47. The zero-order valence-corrected chi connectivity index (χ0v) is 19.8. The summed E-state index contributed by atoms with van der Waals surface area (Å²) in [6.45, 7) is 1.13. The van der Waals surface area contributed by atoms with Crippen molar-refractivity contribution in [3.63, 3.8) is 0 Å². The van der Waals surface area contributed by atoms with Crippen LogP contribution in [0.4, 0.5) is 5.69 Å². The van der Waals surface area contributed by atoms with Crippen LogP contribution in [0.5, 0.6) is 5.75 Å². The Morgan fingerprint density at radius 3 is 2.57 bits per heavy atom. The molecule has 35 heavy (non-hydrogen) atoms. The van der Waals surface area contributed by atoms with Crippen molar-refractivity contribution in [1.82, 2.24) is 14.3 Å². The van der Waals surface area contributed by atoms with E-state index in [1.54, 1.807) is 6.07 Å². The van der Waals surface area contributed by atoms with Crippen LogP contribution in [0.2, 0.25) is 0 Å². The first-order chi connectivity index (χ1) is 17.0. The lowest BCUT2D eigenvalue weighted by Crippen LogP contribution is -2.40. The molecule has 0 saturated carbocycles. The Kier molecular flexibility index (Phi) is 6.25. The number of hydrogen-bond donors (Lipinski definition) is 2. The summed E-state index contributed by atoms with van der Waals surface area (Å²) in [6, 6.07) is 19.3. The Bertz CT molecular complexity index is 1460. The van der Waals surface area contributed by atoms with Crippen LogP contribution < -0.4 is 10.1 Å². The standard InChI is InChI=1S/C25H24N4O5S/c1-33-22-11-10-17(16-23(22)35(31,32)29-12-14-34-15-13-29)25(30)28-19-7-3-2-6-18(19)24-26-20-8-4-5-9-21(20)27-24/h2-11,16H,12-15H2,1H3,(H,26,27)(H,28,30). The maximum Gasteiger partial charge on any atom is 0.255 e. The first-order valence-corrected chi connectivity index (χ1v) is 12.5. The van der Waals surface area contributed by atoms with Crippen LogP contribution in [0.25, 0.3) is 22.4 Å². The van der Waals surface area contributed by atoms with Crippen molar-refractivity contribution in [3.05, 3.63) is 72.3 Å². The van der Waals surface area contributed by atoms with E-state index >= 15 is 0 Å². The van der Waals surface area contributed by atoms with Crippen LogP contribution >= 0.6 is 0 Å². The van der Waals surface area contributed by atoms with Crippen molar-refractivity contribution < 1.29 is 22.7 Å². The van der Waals surface area contributed by atoms with Gasteiger partial charge in [-0.05, 0) is 42.5 Å². The minimum Gasteiger partial charge on any atom is -0.495 e. The molecule has 1 fully saturated rings. The highest BCUT2D eigenvalue weighted by atomic mass is 32.2. The molecule has 5 rings (SSSR count). The second kappa shape index (κ2) is 9.49. The molecule has 1 aliphatic heterocycles. The van der Waals surface area contributed by atoms with Crippen molar-refractivity contribution in [1.29, 1.82) is 0 Å². The van der Waals surface area contributed by atoms with Crippen LogP contribution in [0.3, 0.4) is 0 Å². The van der Waals surface area contributed by atoms with E-state index in [1.807, 2.05) is 42.5 Å². The normalized spacial score (nSPS) is 14.7. The molecule has 0 unspecified atom stereocenters. The fraction of sp³-hybridized carbons (Fsp3) is 0.200. The number of nitrogens with zero attached hydrogens (tertiary/aromatic N) is 2. The molecule has 10 heteroatoms. The average molecular weight is 493 g/mol. The number of anilines is 1. The van der Waals surface area contributed by atoms with Crippen LogP contribution in [-0.4, -0.2) is 62.0 Å². The van der Waals surface area contributed by atoms with Crippen molar-refractivity contribution in [2.24, 2.45) is 0 Å². The first-order valence-electron chi connectivity index (χ1n) is 11.1.